The fourth-order valence-electron chi connectivity index (χ4n) is 2.46. The first-order valence-electron chi connectivity index (χ1n) is 8.06. The number of nitrogens with zero attached hydrogens (tertiary/aromatic N) is 1. The van der Waals surface area contributed by atoms with E-state index < -0.39 is 0 Å². The first-order chi connectivity index (χ1) is 12.6. The zero-order valence-corrected chi connectivity index (χ0v) is 16.2. The second kappa shape index (κ2) is 9.12. The zero-order chi connectivity index (χ0) is 18.4. The van der Waals surface area contributed by atoms with E-state index in [1.54, 1.807) is 18.5 Å². The minimum atomic E-state index is -0.358. The number of benzene rings is 2. The summed E-state index contributed by atoms with van der Waals surface area (Å²) in [6.45, 7) is 1.66. The third kappa shape index (κ3) is 5.27. The van der Waals surface area contributed by atoms with E-state index in [1.165, 1.54) is 12.1 Å². The van der Waals surface area contributed by atoms with Gasteiger partial charge in [-0.2, -0.15) is 0 Å². The van der Waals surface area contributed by atoms with Crippen LogP contribution >= 0.6 is 27.5 Å². The van der Waals surface area contributed by atoms with Crippen LogP contribution in [0.25, 0.3) is 0 Å². The molecular weight excluding hydrogens is 419 g/mol. The molecule has 0 fully saturated rings. The van der Waals surface area contributed by atoms with Gasteiger partial charge in [-0.15, -0.1) is 0 Å². The highest BCUT2D eigenvalue weighted by atomic mass is 79.9. The maximum atomic E-state index is 13.2. The van der Waals surface area contributed by atoms with Crippen molar-refractivity contribution < 1.29 is 9.13 Å². The van der Waals surface area contributed by atoms with Crippen molar-refractivity contribution in [3.63, 3.8) is 0 Å². The average Bonchev–Trinajstić information content (AvgIpc) is 2.63. The summed E-state index contributed by atoms with van der Waals surface area (Å²) in [6.07, 6.45) is 3.55. The molecule has 0 radical (unpaired) electrons. The van der Waals surface area contributed by atoms with Gasteiger partial charge in [0.2, 0.25) is 0 Å². The molecule has 3 nitrogen and oxygen atoms in total. The molecule has 0 saturated carbocycles. The number of hydrogen-bond acceptors (Lipinski definition) is 3. The molecule has 0 amide bonds. The third-order valence-electron chi connectivity index (χ3n) is 3.81. The Morgan fingerprint density at radius 1 is 1.00 bits per heavy atom. The summed E-state index contributed by atoms with van der Waals surface area (Å²) in [5.74, 6) is 0.402. The van der Waals surface area contributed by atoms with E-state index in [4.69, 9.17) is 16.3 Å². The largest absolute Gasteiger partial charge is 0.489 e. The van der Waals surface area contributed by atoms with Crippen LogP contribution in [0, 0.1) is 5.82 Å². The molecule has 26 heavy (non-hydrogen) atoms. The summed E-state index contributed by atoms with van der Waals surface area (Å²) in [5, 5.41) is 3.76. The van der Waals surface area contributed by atoms with Gasteiger partial charge >= 0.3 is 0 Å². The van der Waals surface area contributed by atoms with Crippen molar-refractivity contribution in [2.24, 2.45) is 0 Å². The molecule has 2 aromatic carbocycles. The van der Waals surface area contributed by atoms with Gasteiger partial charge in [-0.05, 0) is 48.0 Å². The van der Waals surface area contributed by atoms with Crippen LogP contribution in [0.15, 0.2) is 65.4 Å². The molecule has 3 rings (SSSR count). The minimum absolute atomic E-state index is 0.276. The number of nitrogens with one attached hydrogen (secondary N) is 1. The molecule has 0 saturated heterocycles. The maximum absolute atomic E-state index is 13.2. The van der Waals surface area contributed by atoms with E-state index in [0.29, 0.717) is 11.6 Å². The van der Waals surface area contributed by atoms with Crippen molar-refractivity contribution in [3.05, 3.63) is 92.9 Å². The Hall–Kier alpha value is -1.95. The smallest absolute Gasteiger partial charge is 0.124 e. The fraction of sp³-hybridized carbons (Fsp3) is 0.150. The highest BCUT2D eigenvalue weighted by molar-refractivity contribution is 9.10. The predicted molar refractivity (Wildman–Crippen MR) is 105 cm³/mol. The molecule has 0 aliphatic heterocycles. The van der Waals surface area contributed by atoms with Gasteiger partial charge in [0.25, 0.3) is 0 Å². The van der Waals surface area contributed by atoms with Crippen molar-refractivity contribution in [3.8, 4) is 5.75 Å². The Labute approximate surface area is 165 Å². The monoisotopic (exact) mass is 434 g/mol. The minimum Gasteiger partial charge on any atom is -0.489 e. The lowest BCUT2D eigenvalue weighted by Gasteiger charge is -2.14. The van der Waals surface area contributed by atoms with Gasteiger partial charge in [0.15, 0.2) is 0 Å². The van der Waals surface area contributed by atoms with Crippen LogP contribution in [0.3, 0.4) is 0 Å². The van der Waals surface area contributed by atoms with Crippen LogP contribution in [-0.2, 0) is 19.7 Å². The summed E-state index contributed by atoms with van der Waals surface area (Å²) in [5.41, 5.74) is 2.92. The number of pyridine rings is 1. The van der Waals surface area contributed by atoms with Gasteiger partial charge in [0.05, 0.1) is 5.02 Å². The van der Waals surface area contributed by atoms with Crippen LogP contribution in [-0.4, -0.2) is 4.98 Å². The lowest BCUT2D eigenvalue weighted by Crippen LogP contribution is -2.13. The highest BCUT2D eigenvalue weighted by Crippen LogP contribution is 2.26. The second-order valence-electron chi connectivity index (χ2n) is 5.74. The Kier molecular flexibility index (Phi) is 6.61. The van der Waals surface area contributed by atoms with Crippen LogP contribution < -0.4 is 10.1 Å². The normalized spacial score (nSPS) is 10.7. The predicted octanol–water partition coefficient (Wildman–Crippen LogP) is 5.51. The molecule has 0 bridgehead atoms. The van der Waals surface area contributed by atoms with Gasteiger partial charge in [0, 0.05) is 41.1 Å². The maximum Gasteiger partial charge on any atom is 0.124 e. The van der Waals surface area contributed by atoms with E-state index >= 15 is 0 Å². The first kappa shape index (κ1) is 18.8. The Morgan fingerprint density at radius 2 is 1.81 bits per heavy atom. The fourth-order valence-corrected chi connectivity index (χ4v) is 3.09. The van der Waals surface area contributed by atoms with Crippen LogP contribution in [0.1, 0.15) is 16.7 Å². The Balaban J connectivity index is 1.65. The van der Waals surface area contributed by atoms with Crippen molar-refractivity contribution in [2.75, 3.05) is 0 Å². The van der Waals surface area contributed by atoms with Crippen LogP contribution in [0.5, 0.6) is 5.75 Å². The number of hydrogen-bond donors (Lipinski definition) is 1. The summed E-state index contributed by atoms with van der Waals surface area (Å²) < 4.78 is 20.1. The lowest BCUT2D eigenvalue weighted by atomic mass is 10.2. The molecule has 1 N–H and O–H groups in total. The van der Waals surface area contributed by atoms with Crippen LogP contribution in [0.2, 0.25) is 5.02 Å². The Morgan fingerprint density at radius 3 is 2.58 bits per heavy atom. The third-order valence-corrected chi connectivity index (χ3v) is 4.66. The molecule has 0 unspecified atom stereocenters. The molecule has 3 aromatic rings. The van der Waals surface area contributed by atoms with Gasteiger partial charge in [-0.3, -0.25) is 4.98 Å². The topological polar surface area (TPSA) is 34.1 Å². The lowest BCUT2D eigenvalue weighted by molar-refractivity contribution is 0.302. The number of ether oxygens (including phenoxy) is 1. The molecule has 0 spiro atoms. The van der Waals surface area contributed by atoms with E-state index in [-0.39, 0.29) is 12.4 Å². The second-order valence-corrected chi connectivity index (χ2v) is 7.06. The highest BCUT2D eigenvalue weighted by Gasteiger charge is 2.08. The summed E-state index contributed by atoms with van der Waals surface area (Å²) in [6, 6.07) is 14.1. The van der Waals surface area contributed by atoms with E-state index in [0.717, 1.165) is 33.5 Å². The summed E-state index contributed by atoms with van der Waals surface area (Å²) >= 11 is 9.56. The molecule has 1 aromatic heterocycles. The molecule has 1 heterocycles. The molecule has 0 aliphatic carbocycles. The van der Waals surface area contributed by atoms with Gasteiger partial charge in [0.1, 0.15) is 18.2 Å². The van der Waals surface area contributed by atoms with Crippen molar-refractivity contribution in [1.82, 2.24) is 10.3 Å². The van der Waals surface area contributed by atoms with Crippen molar-refractivity contribution >= 4 is 27.5 Å². The SMILES string of the molecule is Fc1ccc(COc2ccc(Br)cc2CNCc2ccncc2)c(Cl)c1. The zero-order valence-electron chi connectivity index (χ0n) is 13.9. The van der Waals surface area contributed by atoms with E-state index in [2.05, 4.69) is 26.2 Å². The van der Waals surface area contributed by atoms with Gasteiger partial charge in [-0.25, -0.2) is 4.39 Å². The quantitative estimate of drug-likeness (QED) is 0.532. The average molecular weight is 436 g/mol. The van der Waals surface area contributed by atoms with Gasteiger partial charge in [-0.1, -0.05) is 33.6 Å². The summed E-state index contributed by atoms with van der Waals surface area (Å²) in [4.78, 5) is 4.01. The van der Waals surface area contributed by atoms with Gasteiger partial charge < -0.3 is 10.1 Å². The molecule has 134 valence electrons. The van der Waals surface area contributed by atoms with Crippen LogP contribution in [0.4, 0.5) is 4.39 Å². The Bertz CT molecular complexity index is 877. The molecule has 0 atom stereocenters. The van der Waals surface area contributed by atoms with Crippen molar-refractivity contribution in [2.45, 2.75) is 19.7 Å². The molecule has 6 heteroatoms. The first-order valence-corrected chi connectivity index (χ1v) is 9.23. The number of rotatable bonds is 7. The number of aromatic nitrogens is 1. The molecular formula is C20H17BrClFN2O. The standard InChI is InChI=1S/C20H17BrClFN2O/c21-17-2-4-20(26-13-15-1-3-18(23)10-19(15)22)16(9-17)12-25-11-14-5-7-24-8-6-14/h1-10,25H,11-13H2. The van der Waals surface area contributed by atoms with E-state index in [1.807, 2.05) is 30.3 Å². The molecule has 0 aliphatic rings. The van der Waals surface area contributed by atoms with E-state index in [9.17, 15) is 4.39 Å². The van der Waals surface area contributed by atoms with Crippen molar-refractivity contribution in [1.29, 1.82) is 0 Å². The number of halogens is 3. The summed E-state index contributed by atoms with van der Waals surface area (Å²) in [7, 11) is 0.